The number of hydrogen-bond acceptors (Lipinski definition) is 1. The van der Waals surface area contributed by atoms with Crippen LogP contribution in [0, 0.1) is 39.0 Å². The Morgan fingerprint density at radius 1 is 0.228 bits per heavy atom. The highest BCUT2D eigenvalue weighted by atomic mass is 28.3. The van der Waals surface area contributed by atoms with Crippen molar-refractivity contribution in [3.8, 4) is 28.3 Å². The van der Waals surface area contributed by atoms with Gasteiger partial charge in [-0.1, -0.05) is 535 Å². The minimum atomic E-state index is -1.03. The first-order valence-electron chi connectivity index (χ1n) is 41.2. The van der Waals surface area contributed by atoms with Gasteiger partial charge in [0.2, 0.25) is 0 Å². The normalized spacial score (nSPS) is 10.4. The number of fused-ring (bicyclic) bond motifs is 4. The molecule has 0 amide bonds. The molecule has 18 aromatic rings. The third kappa shape index (κ3) is 35.6. The first-order valence-corrected chi connectivity index (χ1v) is 42.2. The van der Waals surface area contributed by atoms with Crippen LogP contribution in [-0.2, 0) is 5.41 Å². The summed E-state index contributed by atoms with van der Waals surface area (Å²) in [4.78, 5) is 0. The van der Waals surface area contributed by atoms with Crippen LogP contribution in [0.5, 0.6) is 0 Å². The molecule has 0 aromatic heterocycles. The van der Waals surface area contributed by atoms with E-state index in [1.807, 2.05) is 103 Å². The summed E-state index contributed by atoms with van der Waals surface area (Å²) in [6.07, 6.45) is 0. The molecule has 2 heteroatoms. The van der Waals surface area contributed by atoms with Gasteiger partial charge in [0.15, 0.2) is 0 Å². The maximum atomic E-state index is 8.29. The van der Waals surface area contributed by atoms with Crippen molar-refractivity contribution in [2.45, 2.75) is 73.5 Å². The Labute approximate surface area is 690 Å². The minimum Gasteiger partial charge on any atom is -0.192 e. The summed E-state index contributed by atoms with van der Waals surface area (Å²) in [6.45, 7) is 22.2. The summed E-state index contributed by atoms with van der Waals surface area (Å²) >= 11 is 0. The first kappa shape index (κ1) is 80.2. The van der Waals surface area contributed by atoms with Crippen molar-refractivity contribution in [3.05, 3.63) is 525 Å². The molecule has 0 saturated carbocycles. The molecule has 0 saturated heterocycles. The lowest BCUT2D eigenvalue weighted by Gasteiger charge is -2.18. The number of nitrogens with zero attached hydrogens (tertiary/aromatic N) is 1. The van der Waals surface area contributed by atoms with Crippen molar-refractivity contribution in [2.24, 2.45) is 0 Å². The quantitative estimate of drug-likeness (QED) is 0.128. The van der Waals surface area contributed by atoms with Crippen LogP contribution in [0.25, 0.3) is 65.3 Å². The van der Waals surface area contributed by atoms with Crippen LogP contribution in [0.2, 0.25) is 19.6 Å². The Balaban J connectivity index is 0.000000180. The lowest BCUT2D eigenvalue weighted by molar-refractivity contribution is 0.590. The Bertz CT molecular complexity index is 5240. The number of rotatable bonds is 3. The SMILES string of the molecule is CC(C)(C)c1ccccc1.C[Si](C)(C)c1ccccc1.Cc1cc(C)cc(C)c1.Cc1ccccc1.N#Cc1ccccc1.[2H]c1cc([2H])c([2H])c([2H])c1[2H].c1ccc(-c2ccccc2)cc1.c1ccc(-c2ccccc2)cc1.c1ccc2cc3ccccc3cc2c1.c1ccc2ccccc2c1.c1ccc2ccccc2c1.c1ccccc1. The largest absolute Gasteiger partial charge is 0.192 e. The molecule has 0 atom stereocenters. The van der Waals surface area contributed by atoms with Crippen LogP contribution in [0.3, 0.4) is 0 Å². The average Bonchev–Trinajstić information content (AvgIpc) is 0.814. The molecule has 0 spiro atoms. The van der Waals surface area contributed by atoms with E-state index >= 15 is 0 Å². The fourth-order valence-electron chi connectivity index (χ4n) is 11.4. The Hall–Kier alpha value is -13.3. The monoisotopic (exact) mass is 1500 g/mol. The van der Waals surface area contributed by atoms with E-state index < -0.39 is 8.07 Å². The van der Waals surface area contributed by atoms with Crippen molar-refractivity contribution in [3.63, 3.8) is 0 Å². The highest BCUT2D eigenvalue weighted by molar-refractivity contribution is 6.88. The van der Waals surface area contributed by atoms with Gasteiger partial charge in [-0.05, 0) is 128 Å². The maximum absolute atomic E-state index is 8.29. The van der Waals surface area contributed by atoms with E-state index in [0.29, 0.717) is 11.0 Å². The van der Waals surface area contributed by atoms with Crippen molar-refractivity contribution in [1.82, 2.24) is 0 Å². The molecule has 0 N–H and O–H groups in total. The smallest absolute Gasteiger partial charge is 0.0991 e. The van der Waals surface area contributed by atoms with E-state index in [0.717, 1.165) is 6.07 Å². The average molecular weight is 1500 g/mol. The second-order valence-corrected chi connectivity index (χ2v) is 33.8. The van der Waals surface area contributed by atoms with Crippen molar-refractivity contribution >= 4 is 56.4 Å². The summed E-state index contributed by atoms with van der Waals surface area (Å²) < 4.78 is 35.5. The zero-order chi connectivity index (χ0) is 85.3. The van der Waals surface area contributed by atoms with E-state index in [-0.39, 0.29) is 30.2 Å². The zero-order valence-electron chi connectivity index (χ0n) is 72.8. The van der Waals surface area contributed by atoms with E-state index in [1.54, 1.807) is 12.1 Å². The molecule has 0 aliphatic heterocycles. The van der Waals surface area contributed by atoms with E-state index in [4.69, 9.17) is 12.1 Å². The molecule has 0 bridgehead atoms. The van der Waals surface area contributed by atoms with Gasteiger partial charge in [-0.3, -0.25) is 0 Å². The Morgan fingerprint density at radius 2 is 0.439 bits per heavy atom. The fourth-order valence-corrected chi connectivity index (χ4v) is 12.6. The predicted octanol–water partition coefficient (Wildman–Crippen LogP) is 31.1. The molecule has 0 heterocycles. The Kier molecular flexibility index (Phi) is 36.1. The standard InChI is InChI=1S/C14H10.2C12H10.2C10H8.C10H14.C9H14Si.C9H12.C7H5N.C7H8.2C6H6/c1-2-6-12-10-14-8-4-3-7-13(14)9-11(12)5-1;2*1-3-7-11(8-4-1)12-9-5-2-6-10-12;2*1-2-6-10-8-4-3-7-9(10)5-1;2*1-10(2,3)9-7-5-4-6-8-9;1-7-4-8(2)6-9(3)5-7;8-6-7-4-2-1-3-5-7;1-7-5-3-2-4-6-7;2*1-2-4-6-5-3-1/h1-10H;2*1-10H;2*1-8H;2*4-8H,1-3H3;4-6H,1-3H3;1-5H;2-6H,1H3;2*1-6H/i;;;;;;;;;;1D,2D,3D,4D,5D;. The summed E-state index contributed by atoms with van der Waals surface area (Å²) in [6, 6.07) is 158. The third-order valence-electron chi connectivity index (χ3n) is 17.3. The molecule has 0 fully saturated rings. The minimum absolute atomic E-state index is 0.170. The molecule has 0 unspecified atom stereocenters. The van der Waals surface area contributed by atoms with Gasteiger partial charge in [-0.25, -0.2) is 0 Å². The molecule has 18 rings (SSSR count). The molecule has 0 aliphatic carbocycles. The van der Waals surface area contributed by atoms with Crippen LogP contribution >= 0.6 is 0 Å². The van der Waals surface area contributed by atoms with Crippen molar-refractivity contribution in [1.29, 1.82) is 5.26 Å². The molecular formula is C112H111NSi. The van der Waals surface area contributed by atoms with E-state index in [2.05, 4.69) is 414 Å². The Morgan fingerprint density at radius 3 is 0.649 bits per heavy atom. The predicted molar refractivity (Wildman–Crippen MR) is 504 cm³/mol. The highest BCUT2D eigenvalue weighted by Crippen LogP contribution is 2.24. The lowest BCUT2D eigenvalue weighted by atomic mass is 9.87. The topological polar surface area (TPSA) is 23.8 Å². The maximum Gasteiger partial charge on any atom is 0.0991 e. The molecule has 0 radical (unpaired) electrons. The zero-order valence-corrected chi connectivity index (χ0v) is 68.8. The molecule has 18 aromatic carbocycles. The highest BCUT2D eigenvalue weighted by Gasteiger charge is 2.14. The number of aryl methyl sites for hydroxylation is 4. The number of hydrogen-bond donors (Lipinski definition) is 0. The van der Waals surface area contributed by atoms with Crippen LogP contribution in [0.15, 0.2) is 491 Å². The van der Waals surface area contributed by atoms with Gasteiger partial charge in [0.1, 0.15) is 0 Å². The van der Waals surface area contributed by atoms with Gasteiger partial charge < -0.3 is 0 Å². The van der Waals surface area contributed by atoms with Crippen LogP contribution in [0.4, 0.5) is 0 Å². The van der Waals surface area contributed by atoms with Gasteiger partial charge >= 0.3 is 0 Å². The molecule has 1 nitrogen and oxygen atoms in total. The van der Waals surface area contributed by atoms with Crippen LogP contribution < -0.4 is 5.19 Å². The molecular weight excluding hydrogens is 1390 g/mol. The van der Waals surface area contributed by atoms with E-state index in [9.17, 15) is 0 Å². The summed E-state index contributed by atoms with van der Waals surface area (Å²) in [7, 11) is -1.03. The van der Waals surface area contributed by atoms with Crippen molar-refractivity contribution in [2.75, 3.05) is 0 Å². The summed E-state index contributed by atoms with van der Waals surface area (Å²) in [5.41, 5.74) is 12.9. The lowest BCUT2D eigenvalue weighted by Crippen LogP contribution is -2.37. The van der Waals surface area contributed by atoms with Gasteiger partial charge in [0.05, 0.1) is 26.6 Å². The second-order valence-electron chi connectivity index (χ2n) is 28.7. The van der Waals surface area contributed by atoms with Crippen LogP contribution in [-0.4, -0.2) is 8.07 Å². The molecule has 114 heavy (non-hydrogen) atoms. The number of nitriles is 1. The third-order valence-corrected chi connectivity index (χ3v) is 19.3. The molecule has 0 aliphatic rings. The fraction of sp³-hybridized carbons (Fsp3) is 0.0982. The first-order chi connectivity index (χ1) is 57.6. The summed E-state index contributed by atoms with van der Waals surface area (Å²) in [5.74, 6) is 0. The van der Waals surface area contributed by atoms with Gasteiger partial charge in [0.25, 0.3) is 0 Å². The van der Waals surface area contributed by atoms with E-state index in [1.165, 1.54) is 98.3 Å². The number of benzene rings is 18. The summed E-state index contributed by atoms with van der Waals surface area (Å²) in [5, 5.41) is 20.3. The van der Waals surface area contributed by atoms with Crippen LogP contribution in [0.1, 0.15) is 61.0 Å². The second kappa shape index (κ2) is 51.2. The van der Waals surface area contributed by atoms with Gasteiger partial charge in [-0.15, -0.1) is 0 Å². The molecule has 568 valence electrons. The van der Waals surface area contributed by atoms with Crippen molar-refractivity contribution < 1.29 is 6.85 Å². The van der Waals surface area contributed by atoms with Gasteiger partial charge in [-0.2, -0.15) is 5.26 Å². The van der Waals surface area contributed by atoms with Gasteiger partial charge in [0, 0.05) is 0 Å².